The van der Waals surface area contributed by atoms with Gasteiger partial charge in [0.1, 0.15) is 60.1 Å². The molecule has 0 saturated heterocycles. The van der Waals surface area contributed by atoms with Crippen molar-refractivity contribution in [2.45, 2.75) is 164 Å². The number of rotatable bonds is 47. The van der Waals surface area contributed by atoms with E-state index in [0.717, 1.165) is 20.8 Å². The van der Waals surface area contributed by atoms with E-state index in [-0.39, 0.29) is 11.3 Å². The second-order valence-electron chi connectivity index (χ2n) is 26.7. The number of carbonyl (C=O) groups excluding carboxylic acids is 16. The summed E-state index contributed by atoms with van der Waals surface area (Å²) in [5.74, 6) is -24.4. The Balaban J connectivity index is 1.43. The van der Waals surface area contributed by atoms with Crippen LogP contribution >= 0.6 is 0 Å². The van der Waals surface area contributed by atoms with Gasteiger partial charge in [0.05, 0.1) is 69.8 Å². The van der Waals surface area contributed by atoms with Crippen molar-refractivity contribution in [3.8, 4) is 5.75 Å². The van der Waals surface area contributed by atoms with Crippen molar-refractivity contribution in [2.75, 3.05) is 26.2 Å². The van der Waals surface area contributed by atoms with Gasteiger partial charge in [-0.3, -0.25) is 86.3 Å². The Hall–Kier alpha value is -13.7. The lowest BCUT2D eigenvalue weighted by molar-refractivity contribution is -0.144. The summed E-state index contributed by atoms with van der Waals surface area (Å²) in [6.45, 7) is 1.10. The quantitative estimate of drug-likeness (QED) is 0.0172. The number of phenols is 1. The van der Waals surface area contributed by atoms with Crippen LogP contribution in [0.25, 0.3) is 21.8 Å². The average molecular weight is 1630 g/mol. The number of carboxylic acid groups (broad SMARTS) is 3. The van der Waals surface area contributed by atoms with Gasteiger partial charge in [-0.1, -0.05) is 48.5 Å². The number of phenolic OH excluding ortho intramolecular Hbond substituents is 1. The first-order valence-corrected chi connectivity index (χ1v) is 35.6. The van der Waals surface area contributed by atoms with E-state index in [4.69, 9.17) is 22.3 Å². The summed E-state index contributed by atoms with van der Waals surface area (Å²) in [5.41, 5.74) is 18.5. The molecule has 5 aromatic rings. The third-order valence-corrected chi connectivity index (χ3v) is 17.2. The predicted octanol–water partition coefficient (Wildman–Crippen LogP) is -9.64. The Kier molecular flexibility index (Phi) is 35.7. The molecule has 628 valence electrons. The largest absolute Gasteiger partial charge is 0.508 e. The van der Waals surface area contributed by atoms with E-state index in [1.165, 1.54) is 43.6 Å². The minimum absolute atomic E-state index is 0.212. The minimum Gasteiger partial charge on any atom is -0.508 e. The molecule has 29 N–H and O–H groups in total. The van der Waals surface area contributed by atoms with E-state index in [0.29, 0.717) is 32.9 Å². The third-order valence-electron chi connectivity index (χ3n) is 17.2. The van der Waals surface area contributed by atoms with Crippen LogP contribution < -0.4 is 91.6 Å². The number of aromatic nitrogens is 2. The number of aromatic amines is 2. The number of aromatic hydroxyl groups is 1. The van der Waals surface area contributed by atoms with Crippen LogP contribution in [-0.2, 0) is 110 Å². The van der Waals surface area contributed by atoms with Crippen LogP contribution in [-0.4, -0.2) is 269 Å². The van der Waals surface area contributed by atoms with Gasteiger partial charge in [-0.15, -0.1) is 0 Å². The zero-order valence-electron chi connectivity index (χ0n) is 62.8. The van der Waals surface area contributed by atoms with E-state index in [2.05, 4.69) is 73.8 Å². The van der Waals surface area contributed by atoms with Gasteiger partial charge in [0, 0.05) is 59.9 Å². The fourth-order valence-electron chi connectivity index (χ4n) is 11.2. The fourth-order valence-corrected chi connectivity index (χ4v) is 11.2. The molecule has 16 amide bonds. The van der Waals surface area contributed by atoms with Crippen LogP contribution in [0, 0.1) is 0 Å². The average Bonchev–Trinajstić information content (AvgIpc) is 1.65. The highest BCUT2D eigenvalue weighted by atomic mass is 16.4. The van der Waals surface area contributed by atoms with Crippen molar-refractivity contribution >= 4 is 134 Å². The molecule has 2 aromatic heterocycles. The molecule has 0 spiro atoms. The van der Waals surface area contributed by atoms with E-state index >= 15 is 4.79 Å². The summed E-state index contributed by atoms with van der Waals surface area (Å²) < 4.78 is 0. The Morgan fingerprint density at radius 2 is 0.724 bits per heavy atom. The first-order valence-electron chi connectivity index (χ1n) is 35.6. The molecule has 0 fully saturated rings. The molecule has 45 heteroatoms. The van der Waals surface area contributed by atoms with Crippen LogP contribution in [0.1, 0.15) is 76.5 Å². The number of hydrogen-bond donors (Lipinski definition) is 26. The number of aliphatic hydroxyl groups is 3. The molecule has 2 heterocycles. The Bertz CT molecular complexity index is 4450. The summed E-state index contributed by atoms with van der Waals surface area (Å²) in [6.07, 6.45) is -8.63. The van der Waals surface area contributed by atoms with Crippen molar-refractivity contribution in [2.24, 2.45) is 17.2 Å². The van der Waals surface area contributed by atoms with Crippen LogP contribution in [0.3, 0.4) is 0 Å². The van der Waals surface area contributed by atoms with Gasteiger partial charge in [0.15, 0.2) is 6.04 Å². The summed E-state index contributed by atoms with van der Waals surface area (Å²) in [6, 6.07) is -2.50. The van der Waals surface area contributed by atoms with E-state index < -0.39 is 275 Å². The van der Waals surface area contributed by atoms with Crippen molar-refractivity contribution in [3.63, 3.8) is 0 Å². The Morgan fingerprint density at radius 3 is 1.16 bits per heavy atom. The standard InChI is InChI=1S/C71H93N19O26/c1-31(72)61(105)79-30-55(100)88-58(32(2)91)69(113)87-49(24-57(103)104)67(111)82-44(19-35-13-15-38(94)16-14-35)64(108)83-45(20-36-25-75-41-11-7-5-9-39(36)41)65(109)81-43(17-18-50(73)95)63(107)85-47(22-51(74)96)66(110)84-46(21-37-26-76-42-12-8-6-10-40(37)42)68(112)90-59(33(3)92)70(114)86-48(23-56(101)102)62(106)80-28-53(98)77-27-52(97)78-29-54(99)89-60(34(4)93)71(115)116/h5-16,25-26,31-34,43-49,58-60,75-76,91-94H,17-24,27-30,72H2,1-4H3,(H2,73,95)(H2,74,96)(H,77,98)(H,78,97)(H,79,105)(H,80,106)(H,81,109)(H,82,111)(H,83,108)(H,84,110)(H,85,107)(H,86,114)(H,87,113)(H,88,100)(H,89,99)(H,90,112)(H,101,102)(H,103,104)(H,115,116)/t31-,32+,33+,34+,43-,44-,45-,46-,47-,48-,49-,58-,59-,60-/m0/s1. The van der Waals surface area contributed by atoms with Crippen LogP contribution in [0.2, 0.25) is 0 Å². The number of aliphatic carboxylic acids is 3. The zero-order chi connectivity index (χ0) is 86.4. The van der Waals surface area contributed by atoms with Crippen LogP contribution in [0.4, 0.5) is 0 Å². The van der Waals surface area contributed by atoms with Gasteiger partial charge in [0.25, 0.3) is 0 Å². The third kappa shape index (κ3) is 30.1. The number of amides is 16. The Morgan fingerprint density at radius 1 is 0.371 bits per heavy atom. The molecule has 0 aliphatic carbocycles. The van der Waals surface area contributed by atoms with E-state index in [1.54, 1.807) is 48.5 Å². The molecule has 3 aromatic carbocycles. The van der Waals surface area contributed by atoms with Crippen molar-refractivity contribution in [3.05, 3.63) is 102 Å². The number of para-hydroxylation sites is 2. The van der Waals surface area contributed by atoms with Gasteiger partial charge in [0.2, 0.25) is 94.5 Å². The Labute approximate surface area is 658 Å². The maximum Gasteiger partial charge on any atom is 0.328 e. The minimum atomic E-state index is -2.13. The second-order valence-corrected chi connectivity index (χ2v) is 26.7. The normalized spacial score (nSPS) is 14.7. The molecule has 0 bridgehead atoms. The molecule has 45 nitrogen and oxygen atoms in total. The van der Waals surface area contributed by atoms with Crippen molar-refractivity contribution in [1.82, 2.24) is 84.4 Å². The topological polar surface area (TPSA) is 744 Å². The molecule has 14 atom stereocenters. The zero-order valence-corrected chi connectivity index (χ0v) is 62.8. The van der Waals surface area contributed by atoms with Gasteiger partial charge >= 0.3 is 17.9 Å². The first kappa shape index (κ1) is 92.9. The summed E-state index contributed by atoms with van der Waals surface area (Å²) in [4.78, 5) is 259. The monoisotopic (exact) mass is 1630 g/mol. The van der Waals surface area contributed by atoms with Gasteiger partial charge in [-0.2, -0.15) is 0 Å². The number of H-pyrrole nitrogens is 2. The fraction of sp³-hybridized carbons (Fsp3) is 0.423. The number of carboxylic acids is 3. The lowest BCUT2D eigenvalue weighted by atomic mass is 10.0. The number of aliphatic hydroxyl groups excluding tert-OH is 3. The number of fused-ring (bicyclic) bond motifs is 2. The van der Waals surface area contributed by atoms with Crippen molar-refractivity contribution in [1.29, 1.82) is 0 Å². The molecular formula is C71H93N19O26. The number of nitrogens with two attached hydrogens (primary N) is 3. The smallest absolute Gasteiger partial charge is 0.328 e. The molecule has 0 aliphatic heterocycles. The lowest BCUT2D eigenvalue weighted by Crippen LogP contribution is -2.62. The summed E-state index contributed by atoms with van der Waals surface area (Å²) >= 11 is 0. The van der Waals surface area contributed by atoms with Gasteiger partial charge < -0.3 is 137 Å². The lowest BCUT2D eigenvalue weighted by Gasteiger charge is -2.28. The molecular weight excluding hydrogens is 1530 g/mol. The van der Waals surface area contributed by atoms with E-state index in [9.17, 15) is 117 Å². The van der Waals surface area contributed by atoms with E-state index in [1.807, 2.05) is 10.6 Å². The predicted molar refractivity (Wildman–Crippen MR) is 400 cm³/mol. The number of primary amides is 2. The van der Waals surface area contributed by atoms with Crippen molar-refractivity contribution < 1.29 is 127 Å². The maximum absolute atomic E-state index is 15.1. The molecule has 0 radical (unpaired) electrons. The van der Waals surface area contributed by atoms with Crippen LogP contribution in [0.15, 0.2) is 85.2 Å². The van der Waals surface area contributed by atoms with Gasteiger partial charge in [-0.05, 0) is 75.1 Å². The second kappa shape index (κ2) is 44.5. The number of hydrogen-bond acceptors (Lipinski definition) is 24. The molecule has 0 saturated carbocycles. The summed E-state index contributed by atoms with van der Waals surface area (Å²) in [7, 11) is 0. The number of nitrogens with one attached hydrogen (secondary N) is 16. The summed E-state index contributed by atoms with van der Waals surface area (Å²) in [5, 5.41) is 102. The number of benzene rings is 3. The molecule has 0 aliphatic rings. The highest BCUT2D eigenvalue weighted by molar-refractivity contribution is 6.02. The van der Waals surface area contributed by atoms with Crippen LogP contribution in [0.5, 0.6) is 5.75 Å². The SMILES string of the molecule is C[C@H](N)C(=O)NCC(=O)N[C@H](C(=O)N[C@@H](CC(=O)O)C(=O)N[C@@H](Cc1ccc(O)cc1)C(=O)N[C@@H](Cc1c[nH]c2ccccc12)C(=O)N[C@@H](CCC(N)=O)C(=O)N[C@@H](CC(N)=O)C(=O)N[C@@H](Cc1c[nH]c2ccccc12)C(=O)N[C@H](C(=O)N[C@@H](CC(=O)O)C(=O)NCC(=O)NCC(=O)NCC(=O)N[C@H](C(=O)O)[C@@H](C)O)[C@@H](C)O)[C@@H](C)O. The first-order chi connectivity index (χ1) is 54.6. The molecule has 5 rings (SSSR count). The number of carbonyl (C=O) groups is 19. The van der Waals surface area contributed by atoms with Gasteiger partial charge in [-0.25, -0.2) is 4.79 Å². The maximum atomic E-state index is 15.1. The molecule has 0 unspecified atom stereocenters. The highest BCUT2D eigenvalue weighted by Gasteiger charge is 2.39. The highest BCUT2D eigenvalue weighted by Crippen LogP contribution is 2.22. The molecule has 116 heavy (non-hydrogen) atoms.